The lowest BCUT2D eigenvalue weighted by Gasteiger charge is -2.25. The maximum absolute atomic E-state index is 11.3. The molecule has 0 amide bonds. The first kappa shape index (κ1) is 22.0. The lowest BCUT2D eigenvalue weighted by atomic mass is 10.1. The van der Waals surface area contributed by atoms with Gasteiger partial charge >= 0.3 is 0 Å². The Morgan fingerprint density at radius 3 is 2.91 bits per heavy atom. The standard InChI is InChI=1S/C23H24N8O2/c1-30-8-6-18-16(13-30)9-19(22(27-18)33-3)28-23-26-12-17(10-24)21(29-23)25-11-15-5-4-7-31(2)20(15)14-32/h4-5,7,9,12H,6,8,11,13H2,1-3H3,(H2,25,26,28,29). The van der Waals surface area contributed by atoms with E-state index >= 15 is 0 Å². The van der Waals surface area contributed by atoms with Gasteiger partial charge in [0.05, 0.1) is 19.0 Å². The predicted molar refractivity (Wildman–Crippen MR) is 124 cm³/mol. The van der Waals surface area contributed by atoms with Gasteiger partial charge in [0.2, 0.25) is 11.8 Å². The van der Waals surface area contributed by atoms with Crippen LogP contribution in [0, 0.1) is 11.3 Å². The van der Waals surface area contributed by atoms with Crippen molar-refractivity contribution in [2.75, 3.05) is 44.9 Å². The highest BCUT2D eigenvalue weighted by molar-refractivity contribution is 5.66. The van der Waals surface area contributed by atoms with Gasteiger partial charge in [0.15, 0.2) is 5.94 Å². The third kappa shape index (κ3) is 4.70. The number of nitrogens with one attached hydrogen (secondary N) is 2. The SMILES string of the molecule is COc1nc2c(cc1Nc1ncc(C#N)c(NCC3=CC=CN(C)C3=C=O)n1)CN(C)CC2. The molecule has 2 aliphatic heterocycles. The molecule has 2 aromatic rings. The second kappa shape index (κ2) is 9.53. The highest BCUT2D eigenvalue weighted by Crippen LogP contribution is 2.30. The summed E-state index contributed by atoms with van der Waals surface area (Å²) >= 11 is 0. The predicted octanol–water partition coefficient (Wildman–Crippen LogP) is 2.00. The highest BCUT2D eigenvalue weighted by atomic mass is 16.5. The lowest BCUT2D eigenvalue weighted by molar-refractivity contribution is 0.307. The molecule has 33 heavy (non-hydrogen) atoms. The van der Waals surface area contributed by atoms with Gasteiger partial charge in [-0.1, -0.05) is 6.08 Å². The van der Waals surface area contributed by atoms with Crippen LogP contribution < -0.4 is 15.4 Å². The Labute approximate surface area is 191 Å². The van der Waals surface area contributed by atoms with Crippen LogP contribution in [-0.2, 0) is 17.8 Å². The maximum atomic E-state index is 11.3. The molecule has 10 nitrogen and oxygen atoms in total. The van der Waals surface area contributed by atoms with Gasteiger partial charge in [-0.05, 0) is 24.8 Å². The van der Waals surface area contributed by atoms with Gasteiger partial charge in [-0.3, -0.25) is 0 Å². The van der Waals surface area contributed by atoms with E-state index in [0.717, 1.165) is 36.3 Å². The Morgan fingerprint density at radius 2 is 2.15 bits per heavy atom. The third-order valence-electron chi connectivity index (χ3n) is 5.48. The molecule has 4 rings (SSSR count). The number of ether oxygens (including phenoxy) is 1. The summed E-state index contributed by atoms with van der Waals surface area (Å²) in [5.41, 5.74) is 4.23. The molecule has 4 heterocycles. The number of allylic oxidation sites excluding steroid dienone is 2. The van der Waals surface area contributed by atoms with Crippen LogP contribution in [0.3, 0.4) is 0 Å². The minimum Gasteiger partial charge on any atom is -0.480 e. The summed E-state index contributed by atoms with van der Waals surface area (Å²) in [5, 5.41) is 15.8. The summed E-state index contributed by atoms with van der Waals surface area (Å²) in [7, 11) is 5.42. The van der Waals surface area contributed by atoms with Gasteiger partial charge in [-0.15, -0.1) is 0 Å². The Morgan fingerprint density at radius 1 is 1.30 bits per heavy atom. The first-order valence-corrected chi connectivity index (χ1v) is 10.4. The van der Waals surface area contributed by atoms with Crippen LogP contribution in [0.5, 0.6) is 5.88 Å². The minimum absolute atomic E-state index is 0.287. The number of nitrogens with zero attached hydrogens (tertiary/aromatic N) is 6. The van der Waals surface area contributed by atoms with Crippen LogP contribution in [-0.4, -0.2) is 65.0 Å². The zero-order valence-electron chi connectivity index (χ0n) is 18.7. The van der Waals surface area contributed by atoms with Gasteiger partial charge in [-0.25, -0.2) is 14.8 Å². The molecule has 2 aliphatic rings. The van der Waals surface area contributed by atoms with Crippen LogP contribution in [0.1, 0.15) is 16.8 Å². The summed E-state index contributed by atoms with van der Waals surface area (Å²) < 4.78 is 5.48. The number of rotatable bonds is 6. The molecule has 2 aromatic heterocycles. The normalized spacial score (nSPS) is 15.3. The number of fused-ring (bicyclic) bond motifs is 1. The number of pyridine rings is 1. The molecule has 0 saturated carbocycles. The van der Waals surface area contributed by atoms with Crippen LogP contribution in [0.25, 0.3) is 0 Å². The van der Waals surface area contributed by atoms with Crippen LogP contribution >= 0.6 is 0 Å². The molecule has 0 aromatic carbocycles. The zero-order valence-corrected chi connectivity index (χ0v) is 18.7. The van der Waals surface area contributed by atoms with Gasteiger partial charge in [0.1, 0.15) is 28.8 Å². The lowest BCUT2D eigenvalue weighted by Crippen LogP contribution is -2.27. The molecule has 0 fully saturated rings. The summed E-state index contributed by atoms with van der Waals surface area (Å²) in [4.78, 5) is 28.7. The fourth-order valence-corrected chi connectivity index (χ4v) is 3.75. The Hall–Kier alpha value is -4.19. The van der Waals surface area contributed by atoms with Gasteiger partial charge in [0.25, 0.3) is 0 Å². The molecular weight excluding hydrogens is 420 g/mol. The molecule has 0 aliphatic carbocycles. The van der Waals surface area contributed by atoms with E-state index in [1.54, 1.807) is 25.3 Å². The van der Waals surface area contributed by atoms with E-state index in [-0.39, 0.29) is 5.56 Å². The Kier molecular flexibility index (Phi) is 6.36. The molecule has 0 saturated heterocycles. The second-order valence-corrected chi connectivity index (χ2v) is 7.78. The number of methoxy groups -OCH3 is 1. The van der Waals surface area contributed by atoms with Crippen molar-refractivity contribution < 1.29 is 9.53 Å². The zero-order chi connectivity index (χ0) is 23.4. The van der Waals surface area contributed by atoms with Crippen molar-refractivity contribution >= 4 is 23.4 Å². The molecule has 0 atom stereocenters. The highest BCUT2D eigenvalue weighted by Gasteiger charge is 2.19. The summed E-state index contributed by atoms with van der Waals surface area (Å²) in [6.45, 7) is 2.04. The van der Waals surface area contributed by atoms with Crippen molar-refractivity contribution in [2.45, 2.75) is 13.0 Å². The third-order valence-corrected chi connectivity index (χ3v) is 5.48. The van der Waals surface area contributed by atoms with Crippen LogP contribution in [0.15, 0.2) is 41.9 Å². The monoisotopic (exact) mass is 444 g/mol. The second-order valence-electron chi connectivity index (χ2n) is 7.78. The maximum Gasteiger partial charge on any atom is 0.237 e. The Bertz CT molecular complexity index is 1220. The van der Waals surface area contributed by atoms with Crippen molar-refractivity contribution in [3.63, 3.8) is 0 Å². The molecule has 0 radical (unpaired) electrons. The minimum atomic E-state index is 0.287. The van der Waals surface area contributed by atoms with Gasteiger partial charge in [-0.2, -0.15) is 10.2 Å². The molecule has 168 valence electrons. The molecular formula is C23H24N8O2. The van der Waals surface area contributed by atoms with Crippen LogP contribution in [0.4, 0.5) is 17.5 Å². The van der Waals surface area contributed by atoms with E-state index in [0.29, 0.717) is 35.6 Å². The van der Waals surface area contributed by atoms with Crippen molar-refractivity contribution in [1.82, 2.24) is 24.8 Å². The largest absolute Gasteiger partial charge is 0.480 e. The average Bonchev–Trinajstić information content (AvgIpc) is 2.82. The molecule has 0 unspecified atom stereocenters. The van der Waals surface area contributed by atoms with E-state index in [2.05, 4.69) is 43.6 Å². The summed E-state index contributed by atoms with van der Waals surface area (Å²) in [5.74, 6) is 3.06. The van der Waals surface area contributed by atoms with Crippen molar-refractivity contribution in [3.8, 4) is 11.9 Å². The van der Waals surface area contributed by atoms with Crippen molar-refractivity contribution in [3.05, 3.63) is 58.7 Å². The number of likely N-dealkylation sites (N-methyl/N-ethyl adjacent to an activating group) is 2. The van der Waals surface area contributed by atoms with E-state index in [1.807, 2.05) is 24.2 Å². The van der Waals surface area contributed by atoms with E-state index in [4.69, 9.17) is 4.74 Å². The van der Waals surface area contributed by atoms with E-state index in [1.165, 1.54) is 6.20 Å². The number of anilines is 3. The number of hydrogen-bond donors (Lipinski definition) is 2. The van der Waals surface area contributed by atoms with Gasteiger partial charge < -0.3 is 25.2 Å². The Balaban J connectivity index is 1.58. The number of carbonyl (C=O) groups excluding carboxylic acids is 1. The average molecular weight is 444 g/mol. The molecule has 2 N–H and O–H groups in total. The van der Waals surface area contributed by atoms with Crippen molar-refractivity contribution in [1.29, 1.82) is 5.26 Å². The van der Waals surface area contributed by atoms with Crippen molar-refractivity contribution in [2.24, 2.45) is 0 Å². The smallest absolute Gasteiger partial charge is 0.237 e. The molecule has 0 spiro atoms. The quantitative estimate of drug-likeness (QED) is 0.640. The number of aromatic nitrogens is 3. The number of nitriles is 1. The number of hydrogen-bond acceptors (Lipinski definition) is 10. The fourth-order valence-electron chi connectivity index (χ4n) is 3.75. The fraction of sp³-hybridized carbons (Fsp3) is 0.304. The first-order chi connectivity index (χ1) is 16.0. The van der Waals surface area contributed by atoms with Gasteiger partial charge in [0, 0.05) is 44.9 Å². The van der Waals surface area contributed by atoms with E-state index in [9.17, 15) is 10.1 Å². The first-order valence-electron chi connectivity index (χ1n) is 10.4. The van der Waals surface area contributed by atoms with E-state index < -0.39 is 0 Å². The summed E-state index contributed by atoms with van der Waals surface area (Å²) in [6, 6.07) is 4.09. The summed E-state index contributed by atoms with van der Waals surface area (Å²) in [6.07, 6.45) is 7.74. The molecule has 0 bridgehead atoms. The topological polar surface area (TPSA) is 119 Å². The molecule has 10 heteroatoms. The van der Waals surface area contributed by atoms with Crippen LogP contribution in [0.2, 0.25) is 0 Å².